The van der Waals surface area contributed by atoms with E-state index in [1.165, 1.54) is 32.1 Å². The summed E-state index contributed by atoms with van der Waals surface area (Å²) in [4.78, 5) is 4.37. The molecule has 0 aromatic rings. The Morgan fingerprint density at radius 2 is 2.09 bits per heavy atom. The van der Waals surface area contributed by atoms with Crippen LogP contribution in [0.3, 0.4) is 0 Å². The first kappa shape index (κ1) is 8.55. The Labute approximate surface area is 69.2 Å². The van der Waals surface area contributed by atoms with Crippen molar-refractivity contribution in [2.75, 3.05) is 0 Å². The summed E-state index contributed by atoms with van der Waals surface area (Å²) >= 11 is 0. The molecule has 0 aliphatic heterocycles. The van der Waals surface area contributed by atoms with Crippen LogP contribution in [0.25, 0.3) is 0 Å². The number of hydrogen-bond acceptors (Lipinski definition) is 1. The molecule has 11 heavy (non-hydrogen) atoms. The Balaban J connectivity index is 2.29. The van der Waals surface area contributed by atoms with Crippen LogP contribution in [0.5, 0.6) is 0 Å². The van der Waals surface area contributed by atoms with Crippen molar-refractivity contribution < 1.29 is 0 Å². The fourth-order valence-corrected chi connectivity index (χ4v) is 1.46. The molecule has 1 nitrogen and oxygen atoms in total. The van der Waals surface area contributed by atoms with Crippen molar-refractivity contribution in [3.8, 4) is 0 Å². The van der Waals surface area contributed by atoms with Gasteiger partial charge in [0.1, 0.15) is 0 Å². The highest BCUT2D eigenvalue weighted by Crippen LogP contribution is 2.19. The van der Waals surface area contributed by atoms with Crippen molar-refractivity contribution in [2.45, 2.75) is 51.5 Å². The highest BCUT2D eigenvalue weighted by molar-refractivity contribution is 5.51. The van der Waals surface area contributed by atoms with E-state index in [0.29, 0.717) is 6.04 Å². The Kier molecular flexibility index (Phi) is 4.00. The lowest BCUT2D eigenvalue weighted by molar-refractivity contribution is 0.445. The van der Waals surface area contributed by atoms with Gasteiger partial charge in [-0.15, -0.1) is 0 Å². The molecule has 1 aliphatic carbocycles. The summed E-state index contributed by atoms with van der Waals surface area (Å²) in [6.07, 6.45) is 9.76. The van der Waals surface area contributed by atoms with Gasteiger partial charge in [-0.05, 0) is 31.2 Å². The molecule has 0 radical (unpaired) electrons. The second-order valence-corrected chi connectivity index (χ2v) is 3.16. The quantitative estimate of drug-likeness (QED) is 0.538. The Hall–Kier alpha value is -0.550. The van der Waals surface area contributed by atoms with Gasteiger partial charge in [0.15, 0.2) is 0 Å². The van der Waals surface area contributed by atoms with Gasteiger partial charge in [-0.1, -0.05) is 26.2 Å². The normalized spacial score (nSPS) is 19.0. The summed E-state index contributed by atoms with van der Waals surface area (Å²) in [7, 11) is 0. The van der Waals surface area contributed by atoms with Crippen LogP contribution in [-0.2, 0) is 0 Å². The van der Waals surface area contributed by atoms with E-state index >= 15 is 0 Å². The third-order valence-corrected chi connectivity index (χ3v) is 2.13. The second kappa shape index (κ2) is 5.15. The number of rotatable bonds is 2. The average Bonchev–Trinajstić information content (AvgIpc) is 2.07. The van der Waals surface area contributed by atoms with Crippen molar-refractivity contribution in [1.29, 1.82) is 0 Å². The van der Waals surface area contributed by atoms with Gasteiger partial charge in [-0.3, -0.25) is 0 Å². The van der Waals surface area contributed by atoms with Gasteiger partial charge >= 0.3 is 0 Å². The van der Waals surface area contributed by atoms with E-state index < -0.39 is 0 Å². The summed E-state index contributed by atoms with van der Waals surface area (Å²) < 4.78 is 0. The monoisotopic (exact) mass is 151 g/mol. The molecule has 0 saturated heterocycles. The minimum absolute atomic E-state index is 0.589. The first-order chi connectivity index (χ1) is 5.43. The van der Waals surface area contributed by atoms with E-state index in [2.05, 4.69) is 17.8 Å². The van der Waals surface area contributed by atoms with E-state index in [1.54, 1.807) is 0 Å². The van der Waals surface area contributed by atoms with Gasteiger partial charge in [0, 0.05) is 0 Å². The van der Waals surface area contributed by atoms with Crippen LogP contribution in [0, 0.1) is 0 Å². The number of allylic oxidation sites excluding steroid dienone is 1. The molecule has 0 aromatic heterocycles. The van der Waals surface area contributed by atoms with Crippen molar-refractivity contribution in [1.82, 2.24) is 0 Å². The Morgan fingerprint density at radius 1 is 1.36 bits per heavy atom. The first-order valence-electron chi connectivity index (χ1n) is 4.70. The fraction of sp³-hybridized carbons (Fsp3) is 0.800. The van der Waals surface area contributed by atoms with Gasteiger partial charge in [0.05, 0.1) is 6.04 Å². The molecule has 0 amide bonds. The van der Waals surface area contributed by atoms with Crippen LogP contribution in [0.2, 0.25) is 0 Å². The van der Waals surface area contributed by atoms with E-state index in [9.17, 15) is 0 Å². The minimum Gasteiger partial charge on any atom is -0.240 e. The average molecular weight is 151 g/mol. The van der Waals surface area contributed by atoms with Gasteiger partial charge in [-0.25, -0.2) is 4.99 Å². The number of nitrogens with zero attached hydrogens (tertiary/aromatic N) is 1. The molecule has 0 N–H and O–H groups in total. The third kappa shape index (κ3) is 3.38. The van der Waals surface area contributed by atoms with Crippen LogP contribution in [0.4, 0.5) is 0 Å². The van der Waals surface area contributed by atoms with Crippen LogP contribution in [-0.4, -0.2) is 11.9 Å². The second-order valence-electron chi connectivity index (χ2n) is 3.16. The summed E-state index contributed by atoms with van der Waals surface area (Å²) in [5.74, 6) is 3.00. The van der Waals surface area contributed by atoms with Crippen molar-refractivity contribution in [2.24, 2.45) is 4.99 Å². The van der Waals surface area contributed by atoms with Crippen LogP contribution < -0.4 is 0 Å². The van der Waals surface area contributed by atoms with Crippen LogP contribution in [0.15, 0.2) is 11.1 Å². The molecule has 1 rings (SSSR count). The van der Waals surface area contributed by atoms with Gasteiger partial charge in [0.25, 0.3) is 0 Å². The number of hydrogen-bond donors (Lipinski definition) is 0. The highest BCUT2D eigenvalue weighted by Gasteiger charge is 2.10. The van der Waals surface area contributed by atoms with E-state index in [1.807, 2.05) is 6.08 Å². The molecule has 1 aliphatic rings. The molecule has 0 bridgehead atoms. The molecule has 1 fully saturated rings. The lowest BCUT2D eigenvalue weighted by Crippen LogP contribution is -2.08. The number of aliphatic imine (C=N–C) groups is 1. The topological polar surface area (TPSA) is 12.4 Å². The third-order valence-electron chi connectivity index (χ3n) is 2.13. The molecule has 0 spiro atoms. The maximum atomic E-state index is 4.37. The zero-order chi connectivity index (χ0) is 7.94. The molecular formula is C10H17N. The maximum Gasteiger partial charge on any atom is 0.0593 e. The van der Waals surface area contributed by atoms with E-state index in [4.69, 9.17) is 0 Å². The van der Waals surface area contributed by atoms with Gasteiger partial charge in [0.2, 0.25) is 0 Å². The minimum atomic E-state index is 0.589. The molecule has 0 unspecified atom stereocenters. The first-order valence-corrected chi connectivity index (χ1v) is 4.70. The van der Waals surface area contributed by atoms with Gasteiger partial charge < -0.3 is 0 Å². The molecule has 0 atom stereocenters. The molecule has 62 valence electrons. The maximum absolute atomic E-state index is 4.37. The molecule has 0 heterocycles. The summed E-state index contributed by atoms with van der Waals surface area (Å²) in [6, 6.07) is 0.589. The van der Waals surface area contributed by atoms with E-state index in [0.717, 1.165) is 6.42 Å². The van der Waals surface area contributed by atoms with Crippen molar-refractivity contribution >= 4 is 5.87 Å². The predicted molar refractivity (Wildman–Crippen MR) is 49.2 cm³/mol. The summed E-state index contributed by atoms with van der Waals surface area (Å²) in [5, 5.41) is 0. The van der Waals surface area contributed by atoms with Crippen molar-refractivity contribution in [3.05, 3.63) is 6.08 Å². The highest BCUT2D eigenvalue weighted by atomic mass is 14.8. The predicted octanol–water partition coefficient (Wildman–Crippen LogP) is 2.96. The Bertz CT molecular complexity index is 148. The Morgan fingerprint density at radius 3 is 2.73 bits per heavy atom. The smallest absolute Gasteiger partial charge is 0.0593 e. The molecule has 1 saturated carbocycles. The summed E-state index contributed by atoms with van der Waals surface area (Å²) in [6.45, 7) is 2.11. The van der Waals surface area contributed by atoms with Crippen LogP contribution >= 0.6 is 0 Å². The lowest BCUT2D eigenvalue weighted by atomic mass is 9.96. The largest absolute Gasteiger partial charge is 0.240 e. The molecular weight excluding hydrogens is 134 g/mol. The van der Waals surface area contributed by atoms with Crippen molar-refractivity contribution in [3.63, 3.8) is 0 Å². The zero-order valence-corrected chi connectivity index (χ0v) is 7.34. The van der Waals surface area contributed by atoms with Crippen LogP contribution in [0.1, 0.15) is 45.4 Å². The molecule has 1 heteroatoms. The van der Waals surface area contributed by atoms with Gasteiger partial charge in [-0.2, -0.15) is 0 Å². The standard InChI is InChI=1S/C10H17N/c1-2-3-9-11-10-7-5-4-6-8-10/h3,10H,2,4-8H2,1H3. The summed E-state index contributed by atoms with van der Waals surface area (Å²) in [5.41, 5.74) is 0. The molecule has 0 aromatic carbocycles. The van der Waals surface area contributed by atoms with E-state index in [-0.39, 0.29) is 0 Å². The SMILES string of the molecule is CCC=C=NC1CCCCC1. The fourth-order valence-electron chi connectivity index (χ4n) is 1.46. The lowest BCUT2D eigenvalue weighted by Gasteiger charge is -2.15. The zero-order valence-electron chi connectivity index (χ0n) is 7.34.